The van der Waals surface area contributed by atoms with Crippen LogP contribution < -0.4 is 10.6 Å². The van der Waals surface area contributed by atoms with Gasteiger partial charge in [-0.15, -0.1) is 24.0 Å². The predicted molar refractivity (Wildman–Crippen MR) is 127 cm³/mol. The number of morpholine rings is 1. The van der Waals surface area contributed by atoms with Gasteiger partial charge in [0, 0.05) is 51.6 Å². The summed E-state index contributed by atoms with van der Waals surface area (Å²) in [7, 11) is 1.81. The SMILES string of the molecule is CCC(CC)C(CNC(=NC)NCCc1nc(C(C)C)no1)N1CCOCC1.I. The number of hydrogen-bond acceptors (Lipinski definition) is 6. The molecule has 1 aromatic rings. The number of aliphatic imine (C=N–C) groups is 1. The topological polar surface area (TPSA) is 87.8 Å². The standard InChI is InChI=1S/C20H38N6O2.HI/c1-6-16(7-2)17(26-10-12-27-13-11-26)14-23-20(21-5)22-9-8-18-24-19(15(3)4)25-28-18;/h15-17H,6-14H2,1-5H3,(H2,21,22,23);1H. The molecule has 1 aliphatic rings. The number of aromatic nitrogens is 2. The molecule has 0 spiro atoms. The van der Waals surface area contributed by atoms with E-state index in [0.717, 1.165) is 44.6 Å². The molecule has 2 N–H and O–H groups in total. The third kappa shape index (κ3) is 8.37. The van der Waals surface area contributed by atoms with Crippen molar-refractivity contribution in [1.82, 2.24) is 25.7 Å². The lowest BCUT2D eigenvalue weighted by molar-refractivity contribution is 0.00272. The Kier molecular flexibility index (Phi) is 12.7. The monoisotopic (exact) mass is 522 g/mol. The van der Waals surface area contributed by atoms with E-state index in [1.165, 1.54) is 12.8 Å². The largest absolute Gasteiger partial charge is 0.379 e. The zero-order valence-corrected chi connectivity index (χ0v) is 20.9. The van der Waals surface area contributed by atoms with Crippen LogP contribution in [-0.4, -0.2) is 73.5 Å². The highest BCUT2D eigenvalue weighted by atomic mass is 127. The van der Waals surface area contributed by atoms with Crippen molar-refractivity contribution in [3.05, 3.63) is 11.7 Å². The summed E-state index contributed by atoms with van der Waals surface area (Å²) in [5.41, 5.74) is 0. The summed E-state index contributed by atoms with van der Waals surface area (Å²) < 4.78 is 10.8. The third-order valence-corrected chi connectivity index (χ3v) is 5.44. The molecule has 9 heteroatoms. The fraction of sp³-hybridized carbons (Fsp3) is 0.850. The molecular formula is C20H39IN6O2. The number of nitrogens with zero attached hydrogens (tertiary/aromatic N) is 4. The maximum Gasteiger partial charge on any atom is 0.228 e. The van der Waals surface area contributed by atoms with Gasteiger partial charge in [0.15, 0.2) is 11.8 Å². The molecule has 1 saturated heterocycles. The fourth-order valence-corrected chi connectivity index (χ4v) is 3.65. The van der Waals surface area contributed by atoms with E-state index in [9.17, 15) is 0 Å². The number of rotatable bonds is 10. The Morgan fingerprint density at radius 1 is 1.17 bits per heavy atom. The third-order valence-electron chi connectivity index (χ3n) is 5.44. The van der Waals surface area contributed by atoms with E-state index in [4.69, 9.17) is 9.26 Å². The van der Waals surface area contributed by atoms with Crippen molar-refractivity contribution in [3.63, 3.8) is 0 Å². The molecule has 2 rings (SSSR count). The average Bonchev–Trinajstić information content (AvgIpc) is 3.19. The zero-order chi connectivity index (χ0) is 20.4. The van der Waals surface area contributed by atoms with Crippen LogP contribution in [0.4, 0.5) is 0 Å². The molecule has 0 aliphatic carbocycles. The second-order valence-corrected chi connectivity index (χ2v) is 7.62. The molecule has 1 fully saturated rings. The molecule has 0 radical (unpaired) electrons. The van der Waals surface area contributed by atoms with Crippen LogP contribution in [0.25, 0.3) is 0 Å². The van der Waals surface area contributed by atoms with Crippen LogP contribution in [0.15, 0.2) is 9.52 Å². The highest BCUT2D eigenvalue weighted by molar-refractivity contribution is 14.0. The Bertz CT molecular complexity index is 585. The van der Waals surface area contributed by atoms with Crippen LogP contribution in [0.2, 0.25) is 0 Å². The quantitative estimate of drug-likeness (QED) is 0.278. The summed E-state index contributed by atoms with van der Waals surface area (Å²) in [6, 6.07) is 0.488. The van der Waals surface area contributed by atoms with Crippen LogP contribution in [-0.2, 0) is 11.2 Å². The van der Waals surface area contributed by atoms with Crippen LogP contribution >= 0.6 is 24.0 Å². The zero-order valence-electron chi connectivity index (χ0n) is 18.6. The van der Waals surface area contributed by atoms with Gasteiger partial charge in [-0.05, 0) is 5.92 Å². The summed E-state index contributed by atoms with van der Waals surface area (Å²) in [5.74, 6) is 3.18. The summed E-state index contributed by atoms with van der Waals surface area (Å²) >= 11 is 0. The second kappa shape index (κ2) is 14.1. The Balaban J connectivity index is 0.00000420. The van der Waals surface area contributed by atoms with Gasteiger partial charge in [0.2, 0.25) is 5.89 Å². The average molecular weight is 522 g/mol. The Morgan fingerprint density at radius 3 is 2.41 bits per heavy atom. The molecule has 0 amide bonds. The van der Waals surface area contributed by atoms with Crippen molar-refractivity contribution in [1.29, 1.82) is 0 Å². The first-order valence-electron chi connectivity index (χ1n) is 10.7. The van der Waals surface area contributed by atoms with Crippen molar-refractivity contribution in [2.75, 3.05) is 46.4 Å². The summed E-state index contributed by atoms with van der Waals surface area (Å²) in [6.07, 6.45) is 3.04. The van der Waals surface area contributed by atoms with E-state index in [0.29, 0.717) is 30.8 Å². The lowest BCUT2D eigenvalue weighted by Crippen LogP contribution is -2.53. The van der Waals surface area contributed by atoms with E-state index in [1.807, 2.05) is 0 Å². The maximum absolute atomic E-state index is 5.54. The van der Waals surface area contributed by atoms with Gasteiger partial charge in [-0.3, -0.25) is 9.89 Å². The first-order valence-corrected chi connectivity index (χ1v) is 10.7. The number of hydrogen-bond donors (Lipinski definition) is 2. The van der Waals surface area contributed by atoms with E-state index in [1.54, 1.807) is 7.05 Å². The second-order valence-electron chi connectivity index (χ2n) is 7.62. The molecule has 1 atom stereocenters. The highest BCUT2D eigenvalue weighted by Gasteiger charge is 2.27. The lowest BCUT2D eigenvalue weighted by atomic mass is 9.92. The maximum atomic E-state index is 5.54. The van der Waals surface area contributed by atoms with Crippen LogP contribution in [0, 0.1) is 5.92 Å². The molecule has 1 aromatic heterocycles. The minimum absolute atomic E-state index is 0. The van der Waals surface area contributed by atoms with Gasteiger partial charge in [0.25, 0.3) is 0 Å². The number of nitrogens with one attached hydrogen (secondary N) is 2. The van der Waals surface area contributed by atoms with Crippen LogP contribution in [0.3, 0.4) is 0 Å². The van der Waals surface area contributed by atoms with E-state index < -0.39 is 0 Å². The van der Waals surface area contributed by atoms with Crippen molar-refractivity contribution >= 4 is 29.9 Å². The highest BCUT2D eigenvalue weighted by Crippen LogP contribution is 2.19. The molecule has 168 valence electrons. The predicted octanol–water partition coefficient (Wildman–Crippen LogP) is 2.66. The van der Waals surface area contributed by atoms with Gasteiger partial charge in [0.1, 0.15) is 0 Å². The molecule has 1 aliphatic heterocycles. The number of ether oxygens (including phenoxy) is 1. The fourth-order valence-electron chi connectivity index (χ4n) is 3.65. The van der Waals surface area contributed by atoms with Gasteiger partial charge >= 0.3 is 0 Å². The minimum Gasteiger partial charge on any atom is -0.379 e. The molecule has 1 unspecified atom stereocenters. The lowest BCUT2D eigenvalue weighted by Gasteiger charge is -2.39. The first kappa shape index (κ1) is 26.1. The van der Waals surface area contributed by atoms with Gasteiger partial charge in [-0.25, -0.2) is 0 Å². The van der Waals surface area contributed by atoms with Crippen molar-refractivity contribution in [2.24, 2.45) is 10.9 Å². The van der Waals surface area contributed by atoms with Crippen LogP contribution in [0.5, 0.6) is 0 Å². The number of halogens is 1. The van der Waals surface area contributed by atoms with Gasteiger partial charge in [-0.2, -0.15) is 4.98 Å². The van der Waals surface area contributed by atoms with Crippen molar-refractivity contribution in [3.8, 4) is 0 Å². The Labute approximate surface area is 192 Å². The molecule has 0 aromatic carbocycles. The minimum atomic E-state index is 0. The Hall–Kier alpha value is -0.940. The van der Waals surface area contributed by atoms with E-state index in [2.05, 4.69) is 58.4 Å². The van der Waals surface area contributed by atoms with Gasteiger partial charge in [0.05, 0.1) is 13.2 Å². The molecule has 0 bridgehead atoms. The van der Waals surface area contributed by atoms with Gasteiger partial charge < -0.3 is 19.9 Å². The molecule has 0 saturated carbocycles. The molecule has 2 heterocycles. The smallest absolute Gasteiger partial charge is 0.228 e. The number of guanidine groups is 1. The molecular weight excluding hydrogens is 483 g/mol. The van der Waals surface area contributed by atoms with Crippen LogP contribution in [0.1, 0.15) is 58.2 Å². The van der Waals surface area contributed by atoms with E-state index >= 15 is 0 Å². The molecule has 8 nitrogen and oxygen atoms in total. The van der Waals surface area contributed by atoms with E-state index in [-0.39, 0.29) is 29.9 Å². The van der Waals surface area contributed by atoms with Crippen molar-refractivity contribution in [2.45, 2.75) is 58.9 Å². The first-order chi connectivity index (χ1) is 13.6. The van der Waals surface area contributed by atoms with Gasteiger partial charge in [-0.1, -0.05) is 45.7 Å². The normalized spacial score (nSPS) is 16.7. The summed E-state index contributed by atoms with van der Waals surface area (Å²) in [4.78, 5) is 11.3. The summed E-state index contributed by atoms with van der Waals surface area (Å²) in [6.45, 7) is 13.9. The van der Waals surface area contributed by atoms with Crippen molar-refractivity contribution < 1.29 is 9.26 Å². The molecule has 29 heavy (non-hydrogen) atoms. The summed E-state index contributed by atoms with van der Waals surface area (Å²) in [5, 5.41) is 10.9. The Morgan fingerprint density at radius 2 is 1.86 bits per heavy atom.